The minimum Gasteiger partial charge on any atom is -0.266 e. The first-order valence-electron chi connectivity index (χ1n) is 3.57. The van der Waals surface area contributed by atoms with Crippen LogP contribution >= 0.6 is 11.1 Å². The van der Waals surface area contributed by atoms with Gasteiger partial charge in [0, 0.05) is 0 Å². The molecule has 0 aromatic heterocycles. The Morgan fingerprint density at radius 3 is 2.27 bits per heavy atom. The molecule has 1 unspecified atom stereocenters. The summed E-state index contributed by atoms with van der Waals surface area (Å²) in [6.07, 6.45) is 1.87. The molecule has 0 spiro atoms. The average molecular weight is 195 g/mol. The fourth-order valence-electron chi connectivity index (χ4n) is 0.374. The molecule has 0 saturated carbocycles. The molecule has 0 amide bonds. The van der Waals surface area contributed by atoms with Gasteiger partial charge >= 0.3 is 8.35 Å². The van der Waals surface area contributed by atoms with Gasteiger partial charge in [0.15, 0.2) is 0 Å². The Morgan fingerprint density at radius 2 is 1.91 bits per heavy atom. The van der Waals surface area contributed by atoms with E-state index in [-0.39, 0.29) is 5.60 Å². The van der Waals surface area contributed by atoms with Crippen LogP contribution in [0.2, 0.25) is 0 Å². The molecule has 66 valence electrons. The van der Waals surface area contributed by atoms with Crippen molar-refractivity contribution in [1.29, 1.82) is 0 Å². The van der Waals surface area contributed by atoms with Gasteiger partial charge in [-0.2, -0.15) is 0 Å². The quantitative estimate of drug-likeness (QED) is 0.297. The summed E-state index contributed by atoms with van der Waals surface area (Å²) in [6, 6.07) is 0. The molecular weight excluding hydrogens is 180 g/mol. The third-order valence-corrected chi connectivity index (χ3v) is 2.36. The molecule has 4 heteroatoms. The number of halogens is 1. The molecular formula is C7H15ClO2Si. The van der Waals surface area contributed by atoms with Crippen molar-refractivity contribution in [2.45, 2.75) is 33.3 Å². The van der Waals surface area contributed by atoms with Crippen molar-refractivity contribution in [3.8, 4) is 0 Å². The second-order valence-electron chi connectivity index (χ2n) is 3.17. The Morgan fingerprint density at radius 1 is 1.36 bits per heavy atom. The molecule has 0 aromatic carbocycles. The van der Waals surface area contributed by atoms with Crippen molar-refractivity contribution >= 4 is 19.4 Å². The number of allylic oxidation sites excluding steroid dienone is 1. The van der Waals surface area contributed by atoms with Crippen molar-refractivity contribution in [3.63, 3.8) is 0 Å². The van der Waals surface area contributed by atoms with Crippen LogP contribution in [0.3, 0.4) is 0 Å². The molecule has 1 atom stereocenters. The third-order valence-electron chi connectivity index (χ3n) is 0.734. The second-order valence-corrected chi connectivity index (χ2v) is 5.74. The molecule has 11 heavy (non-hydrogen) atoms. The first-order chi connectivity index (χ1) is 4.95. The fraction of sp³-hybridized carbons (Fsp3) is 0.714. The first-order valence-corrected chi connectivity index (χ1v) is 6.45. The summed E-state index contributed by atoms with van der Waals surface area (Å²) in [5, 5.41) is 0. The Bertz CT molecular complexity index is 131. The lowest BCUT2D eigenvalue weighted by Crippen LogP contribution is -2.23. The summed E-state index contributed by atoms with van der Waals surface area (Å²) < 4.78 is 4.96. The van der Waals surface area contributed by atoms with Gasteiger partial charge in [-0.1, -0.05) is 11.8 Å². The van der Waals surface area contributed by atoms with E-state index >= 15 is 0 Å². The van der Waals surface area contributed by atoms with Gasteiger partial charge in [-0.05, 0) is 27.7 Å². The Balaban J connectivity index is 3.54. The highest BCUT2D eigenvalue weighted by Crippen LogP contribution is 2.09. The Hall–Kier alpha value is 0.167. The standard InChI is InChI=1S/C7H15ClO2Si/c1-5-6-11(8)10-9-7(2,3)4/h5-6,11H,1-4H3. The SMILES string of the molecule is CC=C[SiH](Cl)OOC(C)(C)C. The monoisotopic (exact) mass is 194 g/mol. The average Bonchev–Trinajstić information content (AvgIpc) is 1.83. The number of hydrogen-bond acceptors (Lipinski definition) is 2. The topological polar surface area (TPSA) is 18.5 Å². The van der Waals surface area contributed by atoms with E-state index in [1.807, 2.05) is 39.5 Å². The van der Waals surface area contributed by atoms with Gasteiger partial charge in [-0.15, -0.1) is 11.1 Å². The van der Waals surface area contributed by atoms with Crippen LogP contribution in [0.25, 0.3) is 0 Å². The van der Waals surface area contributed by atoms with E-state index in [4.69, 9.17) is 20.5 Å². The van der Waals surface area contributed by atoms with Crippen molar-refractivity contribution in [2.75, 3.05) is 0 Å². The Kier molecular flexibility index (Phi) is 5.00. The maximum absolute atomic E-state index is 5.79. The second kappa shape index (κ2) is 4.93. The van der Waals surface area contributed by atoms with Crippen molar-refractivity contribution < 1.29 is 9.46 Å². The summed E-state index contributed by atoms with van der Waals surface area (Å²) in [7, 11) is -1.73. The van der Waals surface area contributed by atoms with Crippen LogP contribution in [0.5, 0.6) is 0 Å². The predicted molar refractivity (Wildman–Crippen MR) is 49.7 cm³/mol. The summed E-state index contributed by atoms with van der Waals surface area (Å²) in [5.74, 6) is 0. The van der Waals surface area contributed by atoms with Crippen LogP contribution in [-0.4, -0.2) is 14.0 Å². The maximum Gasteiger partial charge on any atom is 0.340 e. The number of hydrogen-bond donors (Lipinski definition) is 0. The van der Waals surface area contributed by atoms with Gasteiger partial charge in [0.2, 0.25) is 0 Å². The molecule has 0 radical (unpaired) electrons. The molecule has 0 aliphatic carbocycles. The lowest BCUT2D eigenvalue weighted by atomic mass is 10.2. The highest BCUT2D eigenvalue weighted by molar-refractivity contribution is 7.05. The van der Waals surface area contributed by atoms with Crippen molar-refractivity contribution in [1.82, 2.24) is 0 Å². The minimum absolute atomic E-state index is 0.276. The molecule has 0 N–H and O–H groups in total. The summed E-state index contributed by atoms with van der Waals surface area (Å²) in [5.41, 5.74) is 1.56. The summed E-state index contributed by atoms with van der Waals surface area (Å²) >= 11 is 5.79. The van der Waals surface area contributed by atoms with Crippen molar-refractivity contribution in [2.24, 2.45) is 0 Å². The highest BCUT2D eigenvalue weighted by Gasteiger charge is 2.14. The molecule has 0 saturated heterocycles. The fourth-order valence-corrected chi connectivity index (χ4v) is 1.67. The number of rotatable bonds is 3. The maximum atomic E-state index is 5.79. The van der Waals surface area contributed by atoms with Crippen molar-refractivity contribution in [3.05, 3.63) is 11.8 Å². The van der Waals surface area contributed by atoms with Gasteiger partial charge in [0.05, 0.1) is 5.60 Å². The zero-order valence-corrected chi connectivity index (χ0v) is 9.34. The predicted octanol–water partition coefficient (Wildman–Crippen LogP) is 2.31. The normalized spacial score (nSPS) is 15.7. The summed E-state index contributed by atoms with van der Waals surface area (Å²) in [6.45, 7) is 7.66. The van der Waals surface area contributed by atoms with Gasteiger partial charge < -0.3 is 0 Å². The van der Waals surface area contributed by atoms with E-state index in [2.05, 4.69) is 0 Å². The van der Waals surface area contributed by atoms with E-state index < -0.39 is 8.35 Å². The van der Waals surface area contributed by atoms with Crippen LogP contribution in [0.1, 0.15) is 27.7 Å². The Labute approximate surface area is 74.5 Å². The molecule has 0 aliphatic heterocycles. The zero-order chi connectivity index (χ0) is 8.91. The lowest BCUT2D eigenvalue weighted by Gasteiger charge is -2.18. The lowest BCUT2D eigenvalue weighted by molar-refractivity contribution is -0.277. The van der Waals surface area contributed by atoms with Gasteiger partial charge in [0.25, 0.3) is 0 Å². The molecule has 0 rings (SSSR count). The van der Waals surface area contributed by atoms with E-state index in [1.54, 1.807) is 0 Å². The van der Waals surface area contributed by atoms with Crippen LogP contribution in [0, 0.1) is 0 Å². The van der Waals surface area contributed by atoms with Gasteiger partial charge in [-0.25, -0.2) is 4.89 Å². The van der Waals surface area contributed by atoms with Gasteiger partial charge in [0.1, 0.15) is 0 Å². The molecule has 2 nitrogen and oxygen atoms in total. The highest BCUT2D eigenvalue weighted by atomic mass is 35.6. The van der Waals surface area contributed by atoms with Crippen LogP contribution in [0.15, 0.2) is 11.8 Å². The van der Waals surface area contributed by atoms with E-state index in [0.29, 0.717) is 0 Å². The zero-order valence-electron chi connectivity index (χ0n) is 7.43. The summed E-state index contributed by atoms with van der Waals surface area (Å²) in [4.78, 5) is 5.02. The van der Waals surface area contributed by atoms with E-state index in [9.17, 15) is 0 Å². The first kappa shape index (κ1) is 11.2. The van der Waals surface area contributed by atoms with Crippen LogP contribution in [-0.2, 0) is 9.46 Å². The smallest absolute Gasteiger partial charge is 0.266 e. The van der Waals surface area contributed by atoms with E-state index in [0.717, 1.165) is 0 Å². The van der Waals surface area contributed by atoms with E-state index in [1.165, 1.54) is 0 Å². The molecule has 0 aromatic rings. The molecule has 0 bridgehead atoms. The van der Waals surface area contributed by atoms with Gasteiger partial charge in [-0.3, -0.25) is 4.58 Å². The van der Waals surface area contributed by atoms with Crippen LogP contribution in [0.4, 0.5) is 0 Å². The largest absolute Gasteiger partial charge is 0.340 e. The minimum atomic E-state index is -1.73. The molecule has 0 fully saturated rings. The third kappa shape index (κ3) is 8.07. The molecule has 0 aliphatic rings. The van der Waals surface area contributed by atoms with Crippen LogP contribution < -0.4 is 0 Å². The molecule has 0 heterocycles.